The van der Waals surface area contributed by atoms with Gasteiger partial charge in [-0.05, 0) is 43.4 Å². The zero-order chi connectivity index (χ0) is 22.9. The number of anilines is 1. The van der Waals surface area contributed by atoms with Gasteiger partial charge in [0.15, 0.2) is 18.1 Å². The average molecular weight is 469 g/mol. The molecule has 0 spiro atoms. The molecular formula is C17H20N6O6S2. The number of rotatable bonds is 7. The number of nitrogens with one attached hydrogen (secondary N) is 1. The number of hydrogen-bond acceptors (Lipinski definition) is 8. The summed E-state index contributed by atoms with van der Waals surface area (Å²) in [6.45, 7) is 2.00. The van der Waals surface area contributed by atoms with Crippen LogP contribution in [0.1, 0.15) is 19.0 Å². The van der Waals surface area contributed by atoms with Gasteiger partial charge in [0, 0.05) is 12.2 Å². The van der Waals surface area contributed by atoms with Crippen molar-refractivity contribution in [2.75, 3.05) is 11.9 Å². The third-order valence-corrected chi connectivity index (χ3v) is 6.14. The highest BCUT2D eigenvalue weighted by Crippen LogP contribution is 2.24. The first kappa shape index (κ1) is 22.6. The molecule has 1 aromatic carbocycles. The van der Waals surface area contributed by atoms with Gasteiger partial charge in [-0.2, -0.15) is 0 Å². The Morgan fingerprint density at radius 2 is 2.03 bits per heavy atom. The zero-order valence-corrected chi connectivity index (χ0v) is 18.3. The van der Waals surface area contributed by atoms with Crippen LogP contribution in [0.25, 0.3) is 0 Å². The summed E-state index contributed by atoms with van der Waals surface area (Å²) in [7, 11) is -2.33. The van der Waals surface area contributed by atoms with Crippen molar-refractivity contribution in [2.45, 2.75) is 30.8 Å². The Bertz CT molecular complexity index is 1110. The molecule has 1 fully saturated rings. The number of thiocarbonyl (C=S) groups is 1. The first-order valence-electron chi connectivity index (χ1n) is 9.09. The van der Waals surface area contributed by atoms with Crippen molar-refractivity contribution in [3.05, 3.63) is 30.0 Å². The quantitative estimate of drug-likeness (QED) is 0.366. The maximum absolute atomic E-state index is 12.8. The lowest BCUT2D eigenvalue weighted by atomic mass is 10.1. The first-order chi connectivity index (χ1) is 14.5. The molecule has 1 aliphatic rings. The van der Waals surface area contributed by atoms with Crippen molar-refractivity contribution in [3.63, 3.8) is 0 Å². The van der Waals surface area contributed by atoms with Crippen LogP contribution in [0.15, 0.2) is 33.7 Å². The Kier molecular flexibility index (Phi) is 6.24. The van der Waals surface area contributed by atoms with Gasteiger partial charge >= 0.3 is 0 Å². The van der Waals surface area contributed by atoms with E-state index in [1.807, 2.05) is 0 Å². The van der Waals surface area contributed by atoms with E-state index in [1.165, 1.54) is 45.8 Å². The number of amides is 2. The number of aryl methyl sites for hydroxylation is 1. The van der Waals surface area contributed by atoms with E-state index in [0.717, 1.165) is 0 Å². The number of sulfonamides is 1. The molecule has 1 saturated heterocycles. The molecule has 2 heterocycles. The number of nitrogens with zero attached hydrogens (tertiary/aromatic N) is 4. The highest BCUT2D eigenvalue weighted by Gasteiger charge is 2.44. The second-order valence-corrected chi connectivity index (χ2v) is 8.69. The van der Waals surface area contributed by atoms with Crippen molar-refractivity contribution in [1.82, 2.24) is 15.1 Å². The first-order valence-corrected chi connectivity index (χ1v) is 11.0. The number of primary sulfonamides is 1. The van der Waals surface area contributed by atoms with Crippen molar-refractivity contribution in [1.29, 1.82) is 0 Å². The van der Waals surface area contributed by atoms with Crippen molar-refractivity contribution < 1.29 is 32.3 Å². The smallest absolute Gasteiger partial charge is 0.252 e. The van der Waals surface area contributed by atoms with Gasteiger partial charge in [0.1, 0.15) is 12.6 Å². The van der Waals surface area contributed by atoms with Gasteiger partial charge in [0.25, 0.3) is 11.6 Å². The average Bonchev–Trinajstić information content (AvgIpc) is 3.12. The third-order valence-electron chi connectivity index (χ3n) is 4.76. The lowest BCUT2D eigenvalue weighted by Gasteiger charge is -2.22. The van der Waals surface area contributed by atoms with Gasteiger partial charge in [-0.15, -0.1) is 0 Å². The molecule has 14 heteroatoms. The predicted octanol–water partition coefficient (Wildman–Crippen LogP) is -1.43. The van der Waals surface area contributed by atoms with Crippen LogP contribution in [0.4, 0.5) is 5.69 Å². The van der Waals surface area contributed by atoms with E-state index in [2.05, 4.69) is 15.1 Å². The minimum Gasteiger partial charge on any atom is -0.539 e. The molecule has 1 aliphatic heterocycles. The molecule has 12 nitrogen and oxygen atoms in total. The molecule has 166 valence electrons. The summed E-state index contributed by atoms with van der Waals surface area (Å²) in [5.74, 6) is -1.52. The topological polar surface area (TPSA) is 166 Å². The van der Waals surface area contributed by atoms with Gasteiger partial charge in [-0.1, -0.05) is 4.68 Å². The van der Waals surface area contributed by atoms with Crippen LogP contribution in [0.2, 0.25) is 0 Å². The summed E-state index contributed by atoms with van der Waals surface area (Å²) in [4.78, 5) is 28.1. The fraction of sp³-hybridized carbons (Fsp3) is 0.353. The van der Waals surface area contributed by atoms with E-state index in [-0.39, 0.29) is 34.6 Å². The summed E-state index contributed by atoms with van der Waals surface area (Å²) < 4.78 is 28.5. The molecule has 0 bridgehead atoms. The van der Waals surface area contributed by atoms with Crippen LogP contribution in [0.3, 0.4) is 0 Å². The van der Waals surface area contributed by atoms with E-state index in [9.17, 15) is 23.1 Å². The number of hydrogen-bond donors (Lipinski definition) is 2. The van der Waals surface area contributed by atoms with Gasteiger partial charge in [0.2, 0.25) is 15.9 Å². The molecule has 3 rings (SSSR count). The second-order valence-electron chi connectivity index (χ2n) is 6.76. The monoisotopic (exact) mass is 468 g/mol. The van der Waals surface area contributed by atoms with E-state index in [4.69, 9.17) is 17.4 Å². The number of carbonyl (C=O) groups excluding carboxylic acids is 2. The normalized spacial score (nSPS) is 16.8. The van der Waals surface area contributed by atoms with Crippen LogP contribution >= 0.6 is 12.2 Å². The number of aromatic nitrogens is 2. The fourth-order valence-electron chi connectivity index (χ4n) is 3.14. The van der Waals surface area contributed by atoms with Crippen LogP contribution in [-0.4, -0.2) is 53.0 Å². The Hall–Kier alpha value is -3.10. The Balaban J connectivity index is 1.77. The molecule has 2 aromatic rings. The summed E-state index contributed by atoms with van der Waals surface area (Å²) >= 11 is 5.37. The minimum absolute atomic E-state index is 0.0547. The maximum Gasteiger partial charge on any atom is 0.252 e. The molecule has 1 aromatic heterocycles. The third kappa shape index (κ3) is 4.65. The van der Waals surface area contributed by atoms with E-state index >= 15 is 0 Å². The van der Waals surface area contributed by atoms with Gasteiger partial charge in [-0.3, -0.25) is 14.5 Å². The molecule has 0 aliphatic carbocycles. The summed E-state index contributed by atoms with van der Waals surface area (Å²) in [6, 6.07) is 4.36. The maximum atomic E-state index is 12.8. The lowest BCUT2D eigenvalue weighted by molar-refractivity contribution is -0.746. The molecule has 2 amide bonds. The number of carbonyl (C=O) groups is 2. The lowest BCUT2D eigenvalue weighted by Crippen LogP contribution is -2.42. The highest BCUT2D eigenvalue weighted by atomic mass is 32.2. The zero-order valence-electron chi connectivity index (χ0n) is 16.6. The van der Waals surface area contributed by atoms with Crippen molar-refractivity contribution in [2.24, 2.45) is 12.2 Å². The summed E-state index contributed by atoms with van der Waals surface area (Å²) in [5.41, 5.74) is 0.508. The molecule has 3 N–H and O–H groups in total. The molecule has 0 radical (unpaired) electrons. The SMILES string of the molecule is CCN1C(=O)C(CC(=O)Nc2ccc(S(N)(=O)=O)cc2)N(Cc2c([O-])on[n+]2C)C1=S. The largest absolute Gasteiger partial charge is 0.539 e. The molecule has 1 atom stereocenters. The summed E-state index contributed by atoms with van der Waals surface area (Å²) in [5, 5.41) is 23.3. The Labute approximate surface area is 183 Å². The van der Waals surface area contributed by atoms with Crippen LogP contribution < -0.4 is 20.2 Å². The number of nitrogens with two attached hydrogens (primary N) is 1. The molecular weight excluding hydrogens is 448 g/mol. The minimum atomic E-state index is -3.85. The van der Waals surface area contributed by atoms with Gasteiger partial charge in [0.05, 0.1) is 16.6 Å². The van der Waals surface area contributed by atoms with Crippen LogP contribution in [0, 0.1) is 0 Å². The van der Waals surface area contributed by atoms with E-state index < -0.39 is 27.9 Å². The Morgan fingerprint density at radius 3 is 2.55 bits per heavy atom. The Morgan fingerprint density at radius 1 is 1.39 bits per heavy atom. The fourth-order valence-corrected chi connectivity index (χ4v) is 4.06. The number of likely N-dealkylation sites (N-methyl/N-ethyl adjacent to an activating group) is 1. The molecule has 1 unspecified atom stereocenters. The molecule has 31 heavy (non-hydrogen) atoms. The van der Waals surface area contributed by atoms with Gasteiger partial charge < -0.3 is 19.8 Å². The van der Waals surface area contributed by atoms with Crippen molar-refractivity contribution >= 4 is 44.9 Å². The van der Waals surface area contributed by atoms with Crippen LogP contribution in [0.5, 0.6) is 5.95 Å². The second kappa shape index (κ2) is 8.56. The van der Waals surface area contributed by atoms with E-state index in [0.29, 0.717) is 12.2 Å². The van der Waals surface area contributed by atoms with Crippen LogP contribution in [-0.2, 0) is 33.2 Å². The van der Waals surface area contributed by atoms with Gasteiger partial charge in [-0.25, -0.2) is 13.6 Å². The van der Waals surface area contributed by atoms with E-state index in [1.54, 1.807) is 6.92 Å². The highest BCUT2D eigenvalue weighted by molar-refractivity contribution is 7.89. The standard InChI is InChI=1S/C17H20N6O6S2/c1-3-22-15(25)12(23(17(22)30)9-13-16(26)29-20-21(13)2)8-14(24)19-10-4-6-11(7-5-10)31(18,27)28/h4-7,12H,3,8-9H2,1-2H3,(H3-,18,19,20,24,26,27,28). The predicted molar refractivity (Wildman–Crippen MR) is 108 cm³/mol. The summed E-state index contributed by atoms with van der Waals surface area (Å²) in [6.07, 6.45) is -0.240. The number of benzene rings is 1. The van der Waals surface area contributed by atoms with Crippen molar-refractivity contribution in [3.8, 4) is 5.95 Å². The molecule has 0 saturated carbocycles.